The Morgan fingerprint density at radius 2 is 1.84 bits per heavy atom. The van der Waals surface area contributed by atoms with Gasteiger partial charge in [0.05, 0.1) is 6.61 Å². The molecule has 0 fully saturated rings. The molecular formula is C19H17Cl2N3O. The molecule has 0 saturated carbocycles. The van der Waals surface area contributed by atoms with Gasteiger partial charge in [-0.3, -0.25) is 0 Å². The van der Waals surface area contributed by atoms with E-state index in [4.69, 9.17) is 33.7 Å². The summed E-state index contributed by atoms with van der Waals surface area (Å²) in [5.74, 6) is 1.75. The van der Waals surface area contributed by atoms with Gasteiger partial charge in [-0.2, -0.15) is 0 Å². The van der Waals surface area contributed by atoms with Gasteiger partial charge in [0.15, 0.2) is 0 Å². The van der Waals surface area contributed by atoms with E-state index >= 15 is 0 Å². The summed E-state index contributed by atoms with van der Waals surface area (Å²) in [6, 6.07) is 16.6. The van der Waals surface area contributed by atoms with Crippen molar-refractivity contribution in [2.75, 3.05) is 17.7 Å². The Balaban J connectivity index is 2.01. The van der Waals surface area contributed by atoms with E-state index in [1.165, 1.54) is 0 Å². The van der Waals surface area contributed by atoms with E-state index < -0.39 is 0 Å². The molecule has 1 heterocycles. The lowest BCUT2D eigenvalue weighted by atomic mass is 10.1. The normalized spacial score (nSPS) is 10.5. The molecule has 6 heteroatoms. The van der Waals surface area contributed by atoms with Gasteiger partial charge in [0.2, 0.25) is 0 Å². The number of nitrogens with zero attached hydrogens (tertiary/aromatic N) is 1. The van der Waals surface area contributed by atoms with Gasteiger partial charge in [-0.25, -0.2) is 4.98 Å². The van der Waals surface area contributed by atoms with Gasteiger partial charge in [0.25, 0.3) is 0 Å². The third-order valence-corrected chi connectivity index (χ3v) is 3.96. The number of anilines is 3. The fourth-order valence-electron chi connectivity index (χ4n) is 2.49. The Labute approximate surface area is 156 Å². The molecular weight excluding hydrogens is 357 g/mol. The van der Waals surface area contributed by atoms with Gasteiger partial charge in [-0.1, -0.05) is 29.3 Å². The second-order valence-corrected chi connectivity index (χ2v) is 6.25. The molecule has 0 bridgehead atoms. The van der Waals surface area contributed by atoms with Crippen molar-refractivity contribution in [2.24, 2.45) is 0 Å². The van der Waals surface area contributed by atoms with Crippen molar-refractivity contribution in [1.29, 1.82) is 0 Å². The molecule has 2 aromatic carbocycles. The molecule has 3 aromatic rings. The Morgan fingerprint density at radius 1 is 1.04 bits per heavy atom. The predicted molar refractivity (Wildman–Crippen MR) is 105 cm³/mol. The van der Waals surface area contributed by atoms with Crippen molar-refractivity contribution in [3.63, 3.8) is 0 Å². The van der Waals surface area contributed by atoms with Crippen LogP contribution in [0.3, 0.4) is 0 Å². The molecule has 0 aliphatic rings. The summed E-state index contributed by atoms with van der Waals surface area (Å²) < 4.78 is 5.70. The molecule has 3 N–H and O–H groups in total. The lowest BCUT2D eigenvalue weighted by molar-refractivity contribution is 0.341. The highest BCUT2D eigenvalue weighted by atomic mass is 35.5. The zero-order chi connectivity index (χ0) is 17.8. The number of hydrogen-bond donors (Lipinski definition) is 2. The number of rotatable bonds is 5. The van der Waals surface area contributed by atoms with Crippen molar-refractivity contribution in [2.45, 2.75) is 6.92 Å². The van der Waals surface area contributed by atoms with Gasteiger partial charge in [0.1, 0.15) is 17.4 Å². The monoisotopic (exact) mass is 373 g/mol. The van der Waals surface area contributed by atoms with Gasteiger partial charge in [0, 0.05) is 21.3 Å². The van der Waals surface area contributed by atoms with Crippen molar-refractivity contribution >= 4 is 40.5 Å². The Kier molecular flexibility index (Phi) is 5.31. The van der Waals surface area contributed by atoms with E-state index in [-0.39, 0.29) is 0 Å². The maximum absolute atomic E-state index is 6.16. The SMILES string of the molecule is CCOc1ccc(Cl)cc1-c1cc(N)nc(Nc2cccc(Cl)c2)c1. The predicted octanol–water partition coefficient (Wildman–Crippen LogP) is 5.78. The second-order valence-electron chi connectivity index (χ2n) is 5.37. The molecule has 1 aromatic heterocycles. The van der Waals surface area contributed by atoms with Gasteiger partial charge in [-0.15, -0.1) is 0 Å². The van der Waals surface area contributed by atoms with Crippen LogP contribution < -0.4 is 15.8 Å². The lowest BCUT2D eigenvalue weighted by Gasteiger charge is -2.13. The number of nitrogens with two attached hydrogens (primary N) is 1. The smallest absolute Gasteiger partial charge is 0.133 e. The van der Waals surface area contributed by atoms with Crippen molar-refractivity contribution in [3.8, 4) is 16.9 Å². The standard InChI is InChI=1S/C19H17Cl2N3O/c1-2-25-17-7-6-14(21)11-16(17)12-8-18(22)24-19(9-12)23-15-5-3-4-13(20)10-15/h3-11H,2H2,1H3,(H3,22,23,24). The Hall–Kier alpha value is -2.43. The number of benzene rings is 2. The van der Waals surface area contributed by atoms with Crippen LogP contribution in [-0.2, 0) is 0 Å². The van der Waals surface area contributed by atoms with Crippen LogP contribution in [0.25, 0.3) is 11.1 Å². The molecule has 25 heavy (non-hydrogen) atoms. The van der Waals surface area contributed by atoms with Crippen LogP contribution in [0, 0.1) is 0 Å². The summed E-state index contributed by atoms with van der Waals surface area (Å²) in [6.07, 6.45) is 0. The molecule has 0 aliphatic carbocycles. The highest BCUT2D eigenvalue weighted by molar-refractivity contribution is 6.31. The minimum absolute atomic E-state index is 0.393. The Bertz CT molecular complexity index is 900. The Morgan fingerprint density at radius 3 is 2.60 bits per heavy atom. The molecule has 128 valence electrons. The summed E-state index contributed by atoms with van der Waals surface area (Å²) in [4.78, 5) is 4.33. The highest BCUT2D eigenvalue weighted by Gasteiger charge is 2.10. The molecule has 4 nitrogen and oxygen atoms in total. The van der Waals surface area contributed by atoms with Crippen molar-refractivity contribution in [1.82, 2.24) is 4.98 Å². The van der Waals surface area contributed by atoms with E-state index in [2.05, 4.69) is 10.3 Å². The maximum atomic E-state index is 6.16. The highest BCUT2D eigenvalue weighted by Crippen LogP contribution is 2.35. The minimum atomic E-state index is 0.393. The average Bonchev–Trinajstić information content (AvgIpc) is 2.56. The third kappa shape index (κ3) is 4.35. The number of aromatic nitrogens is 1. The first-order valence-corrected chi connectivity index (χ1v) is 8.53. The molecule has 3 rings (SSSR count). The fourth-order valence-corrected chi connectivity index (χ4v) is 2.86. The van der Waals surface area contributed by atoms with Crippen LogP contribution in [0.2, 0.25) is 10.0 Å². The average molecular weight is 374 g/mol. The molecule has 0 spiro atoms. The fraction of sp³-hybridized carbons (Fsp3) is 0.105. The molecule has 0 atom stereocenters. The molecule has 0 unspecified atom stereocenters. The zero-order valence-electron chi connectivity index (χ0n) is 13.6. The number of hydrogen-bond acceptors (Lipinski definition) is 4. The van der Waals surface area contributed by atoms with E-state index in [1.54, 1.807) is 12.1 Å². The summed E-state index contributed by atoms with van der Waals surface area (Å²) in [5, 5.41) is 4.48. The quantitative estimate of drug-likeness (QED) is 0.594. The van der Waals surface area contributed by atoms with E-state index in [9.17, 15) is 0 Å². The van der Waals surface area contributed by atoms with Crippen LogP contribution >= 0.6 is 23.2 Å². The largest absolute Gasteiger partial charge is 0.493 e. The van der Waals surface area contributed by atoms with E-state index in [0.29, 0.717) is 28.3 Å². The summed E-state index contributed by atoms with van der Waals surface area (Å²) in [5.41, 5.74) is 8.54. The maximum Gasteiger partial charge on any atom is 0.133 e. The van der Waals surface area contributed by atoms with E-state index in [1.807, 2.05) is 49.4 Å². The minimum Gasteiger partial charge on any atom is -0.493 e. The van der Waals surface area contributed by atoms with Crippen molar-refractivity contribution in [3.05, 3.63) is 64.6 Å². The first kappa shape index (κ1) is 17.4. The molecule has 0 amide bonds. The number of ether oxygens (including phenoxy) is 1. The first-order valence-electron chi connectivity index (χ1n) is 7.78. The zero-order valence-corrected chi connectivity index (χ0v) is 15.1. The van der Waals surface area contributed by atoms with Crippen LogP contribution in [0.5, 0.6) is 5.75 Å². The summed E-state index contributed by atoms with van der Waals surface area (Å²) in [6.45, 7) is 2.49. The van der Waals surface area contributed by atoms with Crippen LogP contribution in [-0.4, -0.2) is 11.6 Å². The number of pyridine rings is 1. The van der Waals surface area contributed by atoms with Crippen molar-refractivity contribution < 1.29 is 4.74 Å². The number of nitrogen functional groups attached to an aromatic ring is 1. The molecule has 0 saturated heterocycles. The number of halogens is 2. The summed E-state index contributed by atoms with van der Waals surface area (Å²) >= 11 is 12.2. The summed E-state index contributed by atoms with van der Waals surface area (Å²) in [7, 11) is 0. The topological polar surface area (TPSA) is 60.2 Å². The second kappa shape index (κ2) is 7.64. The number of nitrogens with one attached hydrogen (secondary N) is 1. The van der Waals surface area contributed by atoms with Crippen LogP contribution in [0.4, 0.5) is 17.3 Å². The van der Waals surface area contributed by atoms with Gasteiger partial charge < -0.3 is 15.8 Å². The van der Waals surface area contributed by atoms with E-state index in [0.717, 1.165) is 22.6 Å². The third-order valence-electron chi connectivity index (χ3n) is 3.49. The van der Waals surface area contributed by atoms with Crippen LogP contribution in [0.15, 0.2) is 54.6 Å². The first-order chi connectivity index (χ1) is 12.0. The van der Waals surface area contributed by atoms with Gasteiger partial charge in [-0.05, 0) is 61.0 Å². The van der Waals surface area contributed by atoms with Gasteiger partial charge >= 0.3 is 0 Å². The lowest BCUT2D eigenvalue weighted by Crippen LogP contribution is -1.99. The molecule has 0 radical (unpaired) electrons. The molecule has 0 aliphatic heterocycles. The van der Waals surface area contributed by atoms with Crippen LogP contribution in [0.1, 0.15) is 6.92 Å².